The Morgan fingerprint density at radius 2 is 1.82 bits per heavy atom. The highest BCUT2D eigenvalue weighted by molar-refractivity contribution is 6.34. The lowest BCUT2D eigenvalue weighted by molar-refractivity contribution is -0.139. The number of esters is 1. The Labute approximate surface area is 198 Å². The van der Waals surface area contributed by atoms with Gasteiger partial charge < -0.3 is 15.4 Å². The van der Waals surface area contributed by atoms with E-state index in [0.29, 0.717) is 39.7 Å². The normalized spacial score (nSPS) is 15.8. The van der Waals surface area contributed by atoms with E-state index in [2.05, 4.69) is 10.6 Å². The number of nitrogens with zero attached hydrogens (tertiary/aromatic N) is 1. The van der Waals surface area contributed by atoms with Crippen molar-refractivity contribution in [3.8, 4) is 0 Å². The highest BCUT2D eigenvalue weighted by Crippen LogP contribution is 2.32. The summed E-state index contributed by atoms with van der Waals surface area (Å²) in [5.74, 6) is -0.786. The van der Waals surface area contributed by atoms with Crippen LogP contribution in [-0.4, -0.2) is 36.0 Å². The summed E-state index contributed by atoms with van der Waals surface area (Å²) in [6.45, 7) is 6.32. The largest absolute Gasteiger partial charge is 0.463 e. The van der Waals surface area contributed by atoms with Crippen LogP contribution in [0.15, 0.2) is 59.8 Å². The van der Waals surface area contributed by atoms with Crippen LogP contribution >= 0.6 is 11.6 Å². The standard InChI is InChI=1S/C25H28ClN3O4/c1-4-6-15-29-16(3)21(24(31)33-5-2)22(28-25(29)32)17-11-13-18(14-12-17)27-23(30)19-9-7-8-10-20(19)26/h7-14,22H,4-6,15H2,1-3H3,(H,27,30)(H,28,32). The number of hydrogen-bond acceptors (Lipinski definition) is 4. The third-order valence-electron chi connectivity index (χ3n) is 5.45. The second kappa shape index (κ2) is 11.0. The van der Waals surface area contributed by atoms with E-state index < -0.39 is 12.0 Å². The molecule has 2 N–H and O–H groups in total. The summed E-state index contributed by atoms with van der Waals surface area (Å²) in [7, 11) is 0. The van der Waals surface area contributed by atoms with Gasteiger partial charge in [0.05, 0.1) is 28.8 Å². The van der Waals surface area contributed by atoms with Gasteiger partial charge in [0, 0.05) is 17.9 Å². The molecule has 3 amide bonds. The highest BCUT2D eigenvalue weighted by atomic mass is 35.5. The number of allylic oxidation sites excluding steroid dienone is 1. The first-order valence-corrected chi connectivity index (χ1v) is 11.4. The van der Waals surface area contributed by atoms with Crippen molar-refractivity contribution >= 4 is 35.2 Å². The summed E-state index contributed by atoms with van der Waals surface area (Å²) < 4.78 is 5.28. The van der Waals surface area contributed by atoms with Gasteiger partial charge in [-0.25, -0.2) is 9.59 Å². The zero-order valence-corrected chi connectivity index (χ0v) is 19.7. The fraction of sp³-hybridized carbons (Fsp3) is 0.320. The first-order chi connectivity index (χ1) is 15.9. The van der Waals surface area contributed by atoms with Gasteiger partial charge in [0.2, 0.25) is 0 Å². The molecule has 1 atom stereocenters. The van der Waals surface area contributed by atoms with E-state index in [1.807, 2.05) is 6.92 Å². The molecule has 0 radical (unpaired) electrons. The molecule has 3 rings (SSSR count). The molecular weight excluding hydrogens is 442 g/mol. The van der Waals surface area contributed by atoms with E-state index in [9.17, 15) is 14.4 Å². The van der Waals surface area contributed by atoms with Crippen LogP contribution in [0.25, 0.3) is 0 Å². The summed E-state index contributed by atoms with van der Waals surface area (Å²) in [6.07, 6.45) is 1.75. The number of ether oxygens (including phenoxy) is 1. The van der Waals surface area contributed by atoms with Crippen LogP contribution in [0.2, 0.25) is 5.02 Å². The number of halogens is 1. The average Bonchev–Trinajstić information content (AvgIpc) is 2.79. The Bertz CT molecular complexity index is 1070. The van der Waals surface area contributed by atoms with Crippen LogP contribution < -0.4 is 10.6 Å². The molecule has 8 heteroatoms. The zero-order chi connectivity index (χ0) is 24.0. The number of carbonyl (C=O) groups is 3. The van der Waals surface area contributed by atoms with Gasteiger partial charge in [0.1, 0.15) is 0 Å². The van der Waals surface area contributed by atoms with Gasteiger partial charge in [0.25, 0.3) is 5.91 Å². The minimum Gasteiger partial charge on any atom is -0.463 e. The maximum absolute atomic E-state index is 12.8. The Hall–Kier alpha value is -3.32. The predicted molar refractivity (Wildman–Crippen MR) is 128 cm³/mol. The number of amides is 3. The van der Waals surface area contributed by atoms with Crippen LogP contribution in [0.5, 0.6) is 0 Å². The lowest BCUT2D eigenvalue weighted by atomic mass is 9.94. The monoisotopic (exact) mass is 469 g/mol. The molecule has 0 fully saturated rings. The maximum Gasteiger partial charge on any atom is 0.338 e. The molecule has 174 valence electrons. The first kappa shape index (κ1) is 24.3. The van der Waals surface area contributed by atoms with E-state index in [4.69, 9.17) is 16.3 Å². The van der Waals surface area contributed by atoms with E-state index >= 15 is 0 Å². The van der Waals surface area contributed by atoms with Gasteiger partial charge in [-0.05, 0) is 50.1 Å². The Morgan fingerprint density at radius 3 is 2.45 bits per heavy atom. The third-order valence-corrected chi connectivity index (χ3v) is 5.78. The van der Waals surface area contributed by atoms with Crippen LogP contribution in [0.4, 0.5) is 10.5 Å². The average molecular weight is 470 g/mol. The van der Waals surface area contributed by atoms with Gasteiger partial charge in [-0.15, -0.1) is 0 Å². The molecule has 0 bridgehead atoms. The Kier molecular flexibility index (Phi) is 8.11. The second-order valence-electron chi connectivity index (χ2n) is 7.66. The van der Waals surface area contributed by atoms with Crippen LogP contribution in [0.3, 0.4) is 0 Å². The maximum atomic E-state index is 12.8. The second-order valence-corrected chi connectivity index (χ2v) is 8.07. The third kappa shape index (κ3) is 5.54. The smallest absolute Gasteiger partial charge is 0.338 e. The van der Waals surface area contributed by atoms with Crippen molar-refractivity contribution in [3.05, 3.63) is 76.0 Å². The van der Waals surface area contributed by atoms with Crippen molar-refractivity contribution in [3.63, 3.8) is 0 Å². The number of hydrogen-bond donors (Lipinski definition) is 2. The minimum atomic E-state index is -0.650. The number of carbonyl (C=O) groups excluding carboxylic acids is 3. The van der Waals surface area contributed by atoms with E-state index in [1.54, 1.807) is 67.3 Å². The number of anilines is 1. The molecule has 1 aliphatic rings. The molecular formula is C25H28ClN3O4. The minimum absolute atomic E-state index is 0.234. The molecule has 7 nitrogen and oxygen atoms in total. The van der Waals surface area contributed by atoms with Crippen molar-refractivity contribution in [1.82, 2.24) is 10.2 Å². The van der Waals surface area contributed by atoms with Crippen molar-refractivity contribution in [1.29, 1.82) is 0 Å². The summed E-state index contributed by atoms with van der Waals surface area (Å²) >= 11 is 6.10. The molecule has 33 heavy (non-hydrogen) atoms. The number of benzene rings is 2. The highest BCUT2D eigenvalue weighted by Gasteiger charge is 2.36. The van der Waals surface area contributed by atoms with Crippen LogP contribution in [0, 0.1) is 0 Å². The summed E-state index contributed by atoms with van der Waals surface area (Å²) in [5, 5.41) is 6.10. The van der Waals surface area contributed by atoms with E-state index in [0.717, 1.165) is 12.8 Å². The lowest BCUT2D eigenvalue weighted by Gasteiger charge is -2.35. The molecule has 0 aromatic heterocycles. The predicted octanol–water partition coefficient (Wildman–Crippen LogP) is 5.30. The van der Waals surface area contributed by atoms with Crippen molar-refractivity contribution in [2.45, 2.75) is 39.7 Å². The molecule has 1 unspecified atom stereocenters. The van der Waals surface area contributed by atoms with Crippen molar-refractivity contribution < 1.29 is 19.1 Å². The van der Waals surface area contributed by atoms with Crippen molar-refractivity contribution in [2.24, 2.45) is 0 Å². The molecule has 0 aliphatic carbocycles. The van der Waals surface area contributed by atoms with Crippen molar-refractivity contribution in [2.75, 3.05) is 18.5 Å². The summed E-state index contributed by atoms with van der Waals surface area (Å²) in [4.78, 5) is 39.7. The number of nitrogens with one attached hydrogen (secondary N) is 2. The fourth-order valence-electron chi connectivity index (χ4n) is 3.69. The molecule has 2 aromatic carbocycles. The zero-order valence-electron chi connectivity index (χ0n) is 19.0. The number of unbranched alkanes of at least 4 members (excludes halogenated alkanes) is 1. The quantitative estimate of drug-likeness (QED) is 0.514. The number of urea groups is 1. The Balaban J connectivity index is 1.86. The fourth-order valence-corrected chi connectivity index (χ4v) is 3.91. The van der Waals surface area contributed by atoms with Gasteiger partial charge in [-0.2, -0.15) is 0 Å². The van der Waals surface area contributed by atoms with Crippen LogP contribution in [0.1, 0.15) is 55.6 Å². The number of rotatable bonds is 8. The summed E-state index contributed by atoms with van der Waals surface area (Å²) in [6, 6.07) is 12.9. The molecule has 2 aromatic rings. The first-order valence-electron chi connectivity index (χ1n) is 11.0. The Morgan fingerprint density at radius 1 is 1.12 bits per heavy atom. The van der Waals surface area contributed by atoms with E-state index in [1.165, 1.54) is 0 Å². The topological polar surface area (TPSA) is 87.7 Å². The van der Waals surface area contributed by atoms with Gasteiger partial charge >= 0.3 is 12.0 Å². The van der Waals surface area contributed by atoms with Gasteiger partial charge in [-0.3, -0.25) is 9.69 Å². The lowest BCUT2D eigenvalue weighted by Crippen LogP contribution is -2.48. The van der Waals surface area contributed by atoms with Crippen LogP contribution in [-0.2, 0) is 9.53 Å². The molecule has 0 saturated carbocycles. The van der Waals surface area contributed by atoms with Gasteiger partial charge in [-0.1, -0.05) is 49.2 Å². The molecule has 1 heterocycles. The summed E-state index contributed by atoms with van der Waals surface area (Å²) in [5.41, 5.74) is 2.63. The van der Waals surface area contributed by atoms with Gasteiger partial charge in [0.15, 0.2) is 0 Å². The molecule has 0 saturated heterocycles. The molecule has 1 aliphatic heterocycles. The molecule has 0 spiro atoms. The SMILES string of the molecule is CCCCN1C(=O)NC(c2ccc(NC(=O)c3ccccc3Cl)cc2)C(C(=O)OCC)=C1C. The van der Waals surface area contributed by atoms with E-state index in [-0.39, 0.29) is 18.5 Å².